The number of halogens is 1. The lowest BCUT2D eigenvalue weighted by Crippen LogP contribution is -1.83. The van der Waals surface area contributed by atoms with Gasteiger partial charge in [0.2, 0.25) is 0 Å². The lowest BCUT2D eigenvalue weighted by molar-refractivity contribution is 0.746. The summed E-state index contributed by atoms with van der Waals surface area (Å²) in [5, 5.41) is 0.816. The Bertz CT molecular complexity index is 213. The summed E-state index contributed by atoms with van der Waals surface area (Å²) in [6.45, 7) is 3.81. The van der Waals surface area contributed by atoms with Crippen molar-refractivity contribution < 1.29 is 0 Å². The molecule has 1 radical (unpaired) electrons. The van der Waals surface area contributed by atoms with Crippen molar-refractivity contribution in [3.05, 3.63) is 41.8 Å². The van der Waals surface area contributed by atoms with E-state index < -0.39 is 0 Å². The molecule has 0 saturated heterocycles. The Kier molecular flexibility index (Phi) is 4.16. The van der Waals surface area contributed by atoms with Gasteiger partial charge >= 0.3 is 0 Å². The maximum atomic E-state index is 5.76. The SMILES string of the molecule is [CH2]CCCCc1ccc(Cl)cc1. The Balaban J connectivity index is 2.37. The van der Waals surface area contributed by atoms with E-state index in [2.05, 4.69) is 19.1 Å². The fourth-order valence-corrected chi connectivity index (χ4v) is 1.28. The van der Waals surface area contributed by atoms with Gasteiger partial charge in [-0.3, -0.25) is 0 Å². The third kappa shape index (κ3) is 3.27. The Labute approximate surface area is 79.6 Å². The first kappa shape index (κ1) is 9.60. The molecule has 1 heteroatoms. The highest BCUT2D eigenvalue weighted by Crippen LogP contribution is 2.11. The highest BCUT2D eigenvalue weighted by Gasteiger charge is 1.92. The summed E-state index contributed by atoms with van der Waals surface area (Å²) in [5.74, 6) is 0. The fraction of sp³-hybridized carbons (Fsp3) is 0.364. The minimum Gasteiger partial charge on any atom is -0.0843 e. The van der Waals surface area contributed by atoms with Gasteiger partial charge in [-0.25, -0.2) is 0 Å². The van der Waals surface area contributed by atoms with Crippen LogP contribution in [0.15, 0.2) is 24.3 Å². The predicted molar refractivity (Wildman–Crippen MR) is 54.4 cm³/mol. The molecule has 65 valence electrons. The van der Waals surface area contributed by atoms with Gasteiger partial charge in [-0.15, -0.1) is 0 Å². The van der Waals surface area contributed by atoms with Crippen LogP contribution in [0.2, 0.25) is 5.02 Å². The van der Waals surface area contributed by atoms with Crippen molar-refractivity contribution in [2.24, 2.45) is 0 Å². The number of rotatable bonds is 4. The van der Waals surface area contributed by atoms with Gasteiger partial charge in [-0.05, 0) is 30.5 Å². The molecule has 0 aliphatic heterocycles. The van der Waals surface area contributed by atoms with Gasteiger partial charge in [0.1, 0.15) is 0 Å². The van der Waals surface area contributed by atoms with E-state index in [0.29, 0.717) is 0 Å². The largest absolute Gasteiger partial charge is 0.0843 e. The minimum atomic E-state index is 0.816. The van der Waals surface area contributed by atoms with Crippen molar-refractivity contribution in [1.82, 2.24) is 0 Å². The first-order valence-corrected chi connectivity index (χ1v) is 4.74. The summed E-state index contributed by atoms with van der Waals surface area (Å²) in [7, 11) is 0. The lowest BCUT2D eigenvalue weighted by Gasteiger charge is -1.99. The van der Waals surface area contributed by atoms with E-state index in [1.165, 1.54) is 18.4 Å². The normalized spacial score (nSPS) is 10.2. The summed E-state index contributed by atoms with van der Waals surface area (Å²) in [6, 6.07) is 8.07. The van der Waals surface area contributed by atoms with E-state index in [4.69, 9.17) is 11.6 Å². The minimum absolute atomic E-state index is 0.816. The van der Waals surface area contributed by atoms with Crippen molar-refractivity contribution in [2.75, 3.05) is 0 Å². The predicted octanol–water partition coefficient (Wildman–Crippen LogP) is 3.89. The smallest absolute Gasteiger partial charge is 0.0406 e. The molecule has 0 N–H and O–H groups in total. The van der Waals surface area contributed by atoms with Crippen LogP contribution < -0.4 is 0 Å². The molecular weight excluding hydrogens is 168 g/mol. The standard InChI is InChI=1S/C11H14Cl/c1-2-3-4-5-10-6-8-11(12)9-7-10/h6-9H,1-5H2. The molecule has 0 aromatic heterocycles. The second-order valence-electron chi connectivity index (χ2n) is 2.94. The molecule has 0 bridgehead atoms. The number of hydrogen-bond donors (Lipinski definition) is 0. The quantitative estimate of drug-likeness (QED) is 0.619. The average molecular weight is 182 g/mol. The zero-order valence-corrected chi connectivity index (χ0v) is 7.98. The summed E-state index contributed by atoms with van der Waals surface area (Å²) in [6.07, 6.45) is 4.62. The lowest BCUT2D eigenvalue weighted by atomic mass is 10.1. The molecule has 0 atom stereocenters. The van der Waals surface area contributed by atoms with Crippen LogP contribution in [0.1, 0.15) is 24.8 Å². The van der Waals surface area contributed by atoms with Crippen molar-refractivity contribution in [2.45, 2.75) is 25.7 Å². The van der Waals surface area contributed by atoms with Crippen molar-refractivity contribution in [3.8, 4) is 0 Å². The fourth-order valence-electron chi connectivity index (χ4n) is 1.16. The van der Waals surface area contributed by atoms with E-state index in [1.807, 2.05) is 12.1 Å². The molecule has 0 spiro atoms. The van der Waals surface area contributed by atoms with E-state index in [1.54, 1.807) is 0 Å². The van der Waals surface area contributed by atoms with Gasteiger partial charge in [0, 0.05) is 5.02 Å². The second-order valence-corrected chi connectivity index (χ2v) is 3.37. The van der Waals surface area contributed by atoms with Crippen LogP contribution in [-0.4, -0.2) is 0 Å². The van der Waals surface area contributed by atoms with E-state index in [-0.39, 0.29) is 0 Å². The first-order chi connectivity index (χ1) is 5.83. The van der Waals surface area contributed by atoms with E-state index >= 15 is 0 Å². The molecule has 0 heterocycles. The average Bonchev–Trinajstić information content (AvgIpc) is 2.09. The van der Waals surface area contributed by atoms with Crippen molar-refractivity contribution >= 4 is 11.6 Å². The maximum Gasteiger partial charge on any atom is 0.0406 e. The van der Waals surface area contributed by atoms with Gasteiger partial charge in [0.25, 0.3) is 0 Å². The topological polar surface area (TPSA) is 0 Å². The molecular formula is C11H14Cl. The van der Waals surface area contributed by atoms with Crippen molar-refractivity contribution in [3.63, 3.8) is 0 Å². The highest BCUT2D eigenvalue weighted by atomic mass is 35.5. The molecule has 0 unspecified atom stereocenters. The first-order valence-electron chi connectivity index (χ1n) is 4.36. The molecule has 0 aliphatic rings. The molecule has 0 saturated carbocycles. The third-order valence-corrected chi connectivity index (χ3v) is 2.13. The molecule has 0 nitrogen and oxygen atoms in total. The Morgan fingerprint density at radius 3 is 2.33 bits per heavy atom. The number of hydrogen-bond acceptors (Lipinski definition) is 0. The Hall–Kier alpha value is -0.490. The zero-order chi connectivity index (χ0) is 8.81. The Morgan fingerprint density at radius 2 is 1.75 bits per heavy atom. The summed E-state index contributed by atoms with van der Waals surface area (Å²) < 4.78 is 0. The Morgan fingerprint density at radius 1 is 1.08 bits per heavy atom. The van der Waals surface area contributed by atoms with Crippen LogP contribution in [0.3, 0.4) is 0 Å². The van der Waals surface area contributed by atoms with Crippen LogP contribution in [-0.2, 0) is 6.42 Å². The van der Waals surface area contributed by atoms with Crippen LogP contribution in [0.4, 0.5) is 0 Å². The summed E-state index contributed by atoms with van der Waals surface area (Å²) in [5.41, 5.74) is 1.37. The molecule has 1 aromatic carbocycles. The third-order valence-electron chi connectivity index (χ3n) is 1.88. The summed E-state index contributed by atoms with van der Waals surface area (Å²) >= 11 is 5.76. The molecule has 0 aliphatic carbocycles. The van der Waals surface area contributed by atoms with Gasteiger partial charge < -0.3 is 0 Å². The number of unbranched alkanes of at least 4 members (excludes halogenated alkanes) is 2. The molecule has 0 fully saturated rings. The van der Waals surface area contributed by atoms with Gasteiger partial charge in [-0.1, -0.05) is 43.5 Å². The molecule has 1 rings (SSSR count). The van der Waals surface area contributed by atoms with E-state index in [9.17, 15) is 0 Å². The maximum absolute atomic E-state index is 5.76. The van der Waals surface area contributed by atoms with Gasteiger partial charge in [0.05, 0.1) is 0 Å². The highest BCUT2D eigenvalue weighted by molar-refractivity contribution is 6.30. The van der Waals surface area contributed by atoms with Gasteiger partial charge in [-0.2, -0.15) is 0 Å². The number of benzene rings is 1. The van der Waals surface area contributed by atoms with E-state index in [0.717, 1.165) is 17.9 Å². The van der Waals surface area contributed by atoms with Crippen LogP contribution in [0, 0.1) is 6.92 Å². The molecule has 1 aromatic rings. The monoisotopic (exact) mass is 181 g/mol. The summed E-state index contributed by atoms with van der Waals surface area (Å²) in [4.78, 5) is 0. The van der Waals surface area contributed by atoms with Gasteiger partial charge in [0.15, 0.2) is 0 Å². The van der Waals surface area contributed by atoms with Crippen LogP contribution in [0.25, 0.3) is 0 Å². The zero-order valence-electron chi connectivity index (χ0n) is 7.22. The molecule has 0 amide bonds. The van der Waals surface area contributed by atoms with Crippen molar-refractivity contribution in [1.29, 1.82) is 0 Å². The van der Waals surface area contributed by atoms with Crippen LogP contribution >= 0.6 is 11.6 Å². The second kappa shape index (κ2) is 5.21. The number of aryl methyl sites for hydroxylation is 1. The molecule has 12 heavy (non-hydrogen) atoms. The van der Waals surface area contributed by atoms with Crippen LogP contribution in [0.5, 0.6) is 0 Å².